The minimum Gasteiger partial charge on any atom is -0.324 e. The Labute approximate surface area is 103 Å². The molecule has 0 heterocycles. The summed E-state index contributed by atoms with van der Waals surface area (Å²) in [6.07, 6.45) is 0.248. The van der Waals surface area contributed by atoms with Crippen LogP contribution >= 0.6 is 0 Å². The third-order valence-corrected chi connectivity index (χ3v) is 2.70. The van der Waals surface area contributed by atoms with E-state index in [0.717, 1.165) is 18.2 Å². The number of halogens is 3. The van der Waals surface area contributed by atoms with E-state index < -0.39 is 17.7 Å². The van der Waals surface area contributed by atoms with Gasteiger partial charge in [-0.2, -0.15) is 0 Å². The topological polar surface area (TPSA) is 26.0 Å². The molecular formula is C14H12F3N. The highest BCUT2D eigenvalue weighted by molar-refractivity contribution is 5.25. The van der Waals surface area contributed by atoms with Crippen molar-refractivity contribution < 1.29 is 13.2 Å². The second kappa shape index (κ2) is 5.23. The summed E-state index contributed by atoms with van der Waals surface area (Å²) >= 11 is 0. The summed E-state index contributed by atoms with van der Waals surface area (Å²) < 4.78 is 39.5. The van der Waals surface area contributed by atoms with Crippen molar-refractivity contribution in [1.29, 1.82) is 0 Å². The molecule has 0 aliphatic heterocycles. The van der Waals surface area contributed by atoms with Crippen molar-refractivity contribution in [2.24, 2.45) is 5.73 Å². The van der Waals surface area contributed by atoms with Crippen LogP contribution in [-0.2, 0) is 6.42 Å². The fourth-order valence-electron chi connectivity index (χ4n) is 1.83. The summed E-state index contributed by atoms with van der Waals surface area (Å²) in [6.45, 7) is 0. The first-order valence-electron chi connectivity index (χ1n) is 5.51. The van der Waals surface area contributed by atoms with E-state index in [-0.39, 0.29) is 17.8 Å². The number of nitrogens with two attached hydrogens (primary N) is 1. The van der Waals surface area contributed by atoms with Crippen molar-refractivity contribution in [2.75, 3.05) is 0 Å². The zero-order valence-electron chi connectivity index (χ0n) is 9.54. The van der Waals surface area contributed by atoms with E-state index in [1.807, 2.05) is 0 Å². The van der Waals surface area contributed by atoms with Gasteiger partial charge in [-0.05, 0) is 42.3 Å². The fourth-order valence-corrected chi connectivity index (χ4v) is 1.83. The molecule has 1 atom stereocenters. The van der Waals surface area contributed by atoms with Crippen LogP contribution < -0.4 is 5.73 Å². The lowest BCUT2D eigenvalue weighted by molar-refractivity contribution is 0.560. The highest BCUT2D eigenvalue weighted by Gasteiger charge is 2.13. The van der Waals surface area contributed by atoms with E-state index in [1.165, 1.54) is 12.1 Å². The Bertz CT molecular complexity index is 554. The highest BCUT2D eigenvalue weighted by atomic mass is 19.1. The molecule has 0 bridgehead atoms. The maximum atomic E-state index is 13.5. The first-order chi connectivity index (χ1) is 8.56. The summed E-state index contributed by atoms with van der Waals surface area (Å²) in [6, 6.07) is 8.33. The van der Waals surface area contributed by atoms with Gasteiger partial charge in [0.15, 0.2) is 0 Å². The predicted molar refractivity (Wildman–Crippen MR) is 63.4 cm³/mol. The molecule has 4 heteroatoms. The zero-order chi connectivity index (χ0) is 13.1. The molecule has 0 saturated heterocycles. The molecule has 0 aliphatic carbocycles. The van der Waals surface area contributed by atoms with Crippen molar-refractivity contribution >= 4 is 0 Å². The van der Waals surface area contributed by atoms with Crippen LogP contribution in [-0.4, -0.2) is 0 Å². The number of benzene rings is 2. The molecule has 2 N–H and O–H groups in total. The van der Waals surface area contributed by atoms with Crippen LogP contribution in [0, 0.1) is 17.5 Å². The van der Waals surface area contributed by atoms with Gasteiger partial charge in [-0.25, -0.2) is 13.2 Å². The molecule has 0 aromatic heterocycles. The fraction of sp³-hybridized carbons (Fsp3) is 0.143. The normalized spacial score (nSPS) is 12.4. The van der Waals surface area contributed by atoms with Gasteiger partial charge < -0.3 is 5.73 Å². The van der Waals surface area contributed by atoms with Gasteiger partial charge in [0.2, 0.25) is 0 Å². The van der Waals surface area contributed by atoms with Gasteiger partial charge in [-0.3, -0.25) is 0 Å². The average Bonchev–Trinajstić information content (AvgIpc) is 2.32. The second-order valence-corrected chi connectivity index (χ2v) is 4.11. The van der Waals surface area contributed by atoms with Crippen LogP contribution in [0.4, 0.5) is 13.2 Å². The molecule has 0 radical (unpaired) electrons. The van der Waals surface area contributed by atoms with Crippen LogP contribution in [0.3, 0.4) is 0 Å². The smallest absolute Gasteiger partial charge is 0.128 e. The lowest BCUT2D eigenvalue weighted by Gasteiger charge is -2.13. The zero-order valence-corrected chi connectivity index (χ0v) is 9.54. The van der Waals surface area contributed by atoms with Gasteiger partial charge in [0.25, 0.3) is 0 Å². The Balaban J connectivity index is 2.21. The Hall–Kier alpha value is -1.81. The maximum absolute atomic E-state index is 13.5. The molecule has 0 amide bonds. The SMILES string of the molecule is NC(Cc1cccc(F)c1)c1cc(F)ccc1F. The van der Waals surface area contributed by atoms with E-state index in [4.69, 9.17) is 5.73 Å². The lowest BCUT2D eigenvalue weighted by atomic mass is 9.99. The first-order valence-corrected chi connectivity index (χ1v) is 5.51. The third kappa shape index (κ3) is 2.90. The summed E-state index contributed by atoms with van der Waals surface area (Å²) in [7, 11) is 0. The van der Waals surface area contributed by atoms with E-state index >= 15 is 0 Å². The third-order valence-electron chi connectivity index (χ3n) is 2.70. The molecule has 1 nitrogen and oxygen atoms in total. The van der Waals surface area contributed by atoms with E-state index in [2.05, 4.69) is 0 Å². The van der Waals surface area contributed by atoms with Gasteiger partial charge >= 0.3 is 0 Å². The van der Waals surface area contributed by atoms with Crippen LogP contribution in [0.2, 0.25) is 0 Å². The number of hydrogen-bond acceptors (Lipinski definition) is 1. The van der Waals surface area contributed by atoms with Crippen molar-refractivity contribution in [3.63, 3.8) is 0 Å². The number of hydrogen-bond donors (Lipinski definition) is 1. The second-order valence-electron chi connectivity index (χ2n) is 4.11. The van der Waals surface area contributed by atoms with Crippen LogP contribution in [0.15, 0.2) is 42.5 Å². The van der Waals surface area contributed by atoms with Crippen molar-refractivity contribution in [3.8, 4) is 0 Å². The van der Waals surface area contributed by atoms with Gasteiger partial charge in [0, 0.05) is 11.6 Å². The van der Waals surface area contributed by atoms with Gasteiger partial charge in [-0.1, -0.05) is 12.1 Å². The van der Waals surface area contributed by atoms with Crippen molar-refractivity contribution in [2.45, 2.75) is 12.5 Å². The lowest BCUT2D eigenvalue weighted by Crippen LogP contribution is -2.15. The van der Waals surface area contributed by atoms with E-state index in [1.54, 1.807) is 12.1 Å². The van der Waals surface area contributed by atoms with Gasteiger partial charge in [-0.15, -0.1) is 0 Å². The molecule has 0 fully saturated rings. The molecule has 0 spiro atoms. The van der Waals surface area contributed by atoms with Crippen molar-refractivity contribution in [3.05, 3.63) is 71.0 Å². The molecule has 94 valence electrons. The minimum absolute atomic E-state index is 0.0965. The minimum atomic E-state index is -0.706. The summed E-state index contributed by atoms with van der Waals surface area (Å²) in [5, 5.41) is 0. The van der Waals surface area contributed by atoms with Gasteiger partial charge in [0.1, 0.15) is 17.5 Å². The van der Waals surface area contributed by atoms with E-state index in [0.29, 0.717) is 5.56 Å². The van der Waals surface area contributed by atoms with Crippen molar-refractivity contribution in [1.82, 2.24) is 0 Å². The van der Waals surface area contributed by atoms with Crippen LogP contribution in [0.25, 0.3) is 0 Å². The van der Waals surface area contributed by atoms with Crippen LogP contribution in [0.5, 0.6) is 0 Å². The quantitative estimate of drug-likeness (QED) is 0.889. The molecule has 2 aromatic carbocycles. The maximum Gasteiger partial charge on any atom is 0.128 e. The monoisotopic (exact) mass is 251 g/mol. The first kappa shape index (κ1) is 12.6. The summed E-state index contributed by atoms with van der Waals surface area (Å²) in [5.74, 6) is -1.47. The Kier molecular flexibility index (Phi) is 3.67. The van der Waals surface area contributed by atoms with E-state index in [9.17, 15) is 13.2 Å². The molecular weight excluding hydrogens is 239 g/mol. The summed E-state index contributed by atoms with van der Waals surface area (Å²) in [4.78, 5) is 0. The highest BCUT2D eigenvalue weighted by Crippen LogP contribution is 2.20. The Morgan fingerprint density at radius 3 is 2.39 bits per heavy atom. The van der Waals surface area contributed by atoms with Crippen LogP contribution in [0.1, 0.15) is 17.2 Å². The molecule has 2 aromatic rings. The molecule has 18 heavy (non-hydrogen) atoms. The predicted octanol–water partition coefficient (Wildman–Crippen LogP) is 3.35. The molecule has 0 saturated carbocycles. The van der Waals surface area contributed by atoms with Gasteiger partial charge in [0.05, 0.1) is 0 Å². The largest absolute Gasteiger partial charge is 0.324 e. The number of rotatable bonds is 3. The molecule has 2 rings (SSSR count). The average molecular weight is 251 g/mol. The molecule has 1 unspecified atom stereocenters. The molecule has 0 aliphatic rings. The Morgan fingerprint density at radius 1 is 0.944 bits per heavy atom. The standard InChI is InChI=1S/C14H12F3N/c15-10-3-1-2-9(6-10)7-14(18)12-8-11(16)4-5-13(12)17/h1-6,8,14H,7,18H2. The Morgan fingerprint density at radius 2 is 1.67 bits per heavy atom. The summed E-state index contributed by atoms with van der Waals surface area (Å²) in [5.41, 5.74) is 6.56.